The highest BCUT2D eigenvalue weighted by atomic mass is 16.5. The Morgan fingerprint density at radius 2 is 1.66 bits per heavy atom. The molecule has 4 heteroatoms. The van der Waals surface area contributed by atoms with Gasteiger partial charge >= 0.3 is 0 Å². The molecule has 0 fully saturated rings. The van der Waals surface area contributed by atoms with Crippen LogP contribution in [0.4, 0.5) is 0 Å². The maximum atomic E-state index is 5.38. The Morgan fingerprint density at radius 3 is 2.48 bits per heavy atom. The van der Waals surface area contributed by atoms with Crippen molar-refractivity contribution in [3.8, 4) is 11.4 Å². The van der Waals surface area contributed by atoms with Crippen LogP contribution in [0.5, 0.6) is 0 Å². The molecular formula is C25H25N3O. The number of benzene rings is 3. The van der Waals surface area contributed by atoms with Gasteiger partial charge in [0.25, 0.3) is 0 Å². The zero-order valence-electron chi connectivity index (χ0n) is 17.1. The van der Waals surface area contributed by atoms with Crippen molar-refractivity contribution in [2.45, 2.75) is 26.9 Å². The molecular weight excluding hydrogens is 358 g/mol. The molecule has 0 bridgehead atoms. The summed E-state index contributed by atoms with van der Waals surface area (Å²) in [5.74, 6) is 1.00. The number of aryl methyl sites for hydroxylation is 2. The summed E-state index contributed by atoms with van der Waals surface area (Å²) in [6, 6.07) is 21.8. The third-order valence-corrected chi connectivity index (χ3v) is 5.85. The molecule has 0 aliphatic rings. The van der Waals surface area contributed by atoms with Crippen LogP contribution >= 0.6 is 0 Å². The molecule has 0 aliphatic carbocycles. The summed E-state index contributed by atoms with van der Waals surface area (Å²) >= 11 is 0. The highest BCUT2D eigenvalue weighted by molar-refractivity contribution is 6.09. The minimum absolute atomic E-state index is 0.657. The van der Waals surface area contributed by atoms with E-state index in [1.807, 2.05) is 0 Å². The van der Waals surface area contributed by atoms with Gasteiger partial charge < -0.3 is 13.9 Å². The van der Waals surface area contributed by atoms with Crippen molar-refractivity contribution < 1.29 is 4.74 Å². The van der Waals surface area contributed by atoms with Gasteiger partial charge in [-0.25, -0.2) is 4.98 Å². The van der Waals surface area contributed by atoms with Gasteiger partial charge in [-0.3, -0.25) is 0 Å². The second-order valence-electron chi connectivity index (χ2n) is 7.52. The number of fused-ring (bicyclic) bond motifs is 4. The molecule has 2 aromatic heterocycles. The lowest BCUT2D eigenvalue weighted by atomic mass is 10.1. The van der Waals surface area contributed by atoms with Crippen molar-refractivity contribution in [3.05, 3.63) is 66.2 Å². The average molecular weight is 383 g/mol. The lowest BCUT2D eigenvalue weighted by molar-refractivity contribution is 0.188. The Balaban J connectivity index is 1.78. The molecule has 0 saturated carbocycles. The zero-order chi connectivity index (χ0) is 20.0. The van der Waals surface area contributed by atoms with Gasteiger partial charge in [-0.15, -0.1) is 0 Å². The monoisotopic (exact) mass is 383 g/mol. The van der Waals surface area contributed by atoms with Crippen LogP contribution in [0, 0.1) is 6.92 Å². The molecule has 0 unspecified atom stereocenters. The van der Waals surface area contributed by atoms with E-state index in [1.54, 1.807) is 7.11 Å². The minimum atomic E-state index is 0.657. The zero-order valence-corrected chi connectivity index (χ0v) is 17.1. The van der Waals surface area contributed by atoms with Crippen molar-refractivity contribution in [2.75, 3.05) is 13.7 Å². The van der Waals surface area contributed by atoms with Gasteiger partial charge in [0.05, 0.1) is 17.6 Å². The van der Waals surface area contributed by atoms with E-state index in [4.69, 9.17) is 9.72 Å². The third kappa shape index (κ3) is 2.75. The normalized spacial score (nSPS) is 11.8. The minimum Gasteiger partial charge on any atom is -0.383 e. The maximum absolute atomic E-state index is 5.38. The number of imidazole rings is 1. The van der Waals surface area contributed by atoms with Crippen molar-refractivity contribution in [3.63, 3.8) is 0 Å². The molecule has 2 heterocycles. The quantitative estimate of drug-likeness (QED) is 0.385. The lowest BCUT2D eigenvalue weighted by Gasteiger charge is -2.09. The molecule has 0 N–H and O–H groups in total. The van der Waals surface area contributed by atoms with E-state index >= 15 is 0 Å². The predicted molar refractivity (Wildman–Crippen MR) is 120 cm³/mol. The first kappa shape index (κ1) is 18.0. The summed E-state index contributed by atoms with van der Waals surface area (Å²) in [6.07, 6.45) is 0. The first-order valence-electron chi connectivity index (χ1n) is 10.2. The molecule has 3 aromatic carbocycles. The Labute approximate surface area is 170 Å². The molecule has 0 aliphatic heterocycles. The Kier molecular flexibility index (Phi) is 4.36. The second-order valence-corrected chi connectivity index (χ2v) is 7.52. The average Bonchev–Trinajstić information content (AvgIpc) is 3.28. The van der Waals surface area contributed by atoms with Gasteiger partial charge in [0.2, 0.25) is 0 Å². The maximum Gasteiger partial charge on any atom is 0.141 e. The summed E-state index contributed by atoms with van der Waals surface area (Å²) in [6.45, 7) is 6.71. The van der Waals surface area contributed by atoms with Crippen molar-refractivity contribution in [1.82, 2.24) is 14.1 Å². The smallest absolute Gasteiger partial charge is 0.141 e. The van der Waals surface area contributed by atoms with E-state index in [9.17, 15) is 0 Å². The van der Waals surface area contributed by atoms with Crippen molar-refractivity contribution >= 4 is 32.8 Å². The van der Waals surface area contributed by atoms with Gasteiger partial charge in [-0.1, -0.05) is 30.3 Å². The predicted octanol–water partition coefficient (Wildman–Crippen LogP) is 5.79. The van der Waals surface area contributed by atoms with Crippen LogP contribution in [0.1, 0.15) is 12.5 Å². The highest BCUT2D eigenvalue weighted by Crippen LogP contribution is 2.34. The summed E-state index contributed by atoms with van der Waals surface area (Å²) in [4.78, 5) is 5.05. The van der Waals surface area contributed by atoms with Crippen LogP contribution < -0.4 is 0 Å². The van der Waals surface area contributed by atoms with E-state index in [1.165, 1.54) is 27.4 Å². The third-order valence-electron chi connectivity index (χ3n) is 5.85. The van der Waals surface area contributed by atoms with Crippen molar-refractivity contribution in [1.29, 1.82) is 0 Å². The number of para-hydroxylation sites is 2. The number of nitrogens with zero attached hydrogens (tertiary/aromatic N) is 3. The standard InChI is InChI=1S/C25H25N3O/c1-4-27-21-10-6-5-9-19(21)20-16-18(12-13-22(20)27)25-26-24-17(2)8-7-11-23(24)28(25)14-15-29-3/h5-13,16H,4,14-15H2,1-3H3. The summed E-state index contributed by atoms with van der Waals surface area (Å²) in [5, 5.41) is 2.57. The second kappa shape index (κ2) is 7.05. The van der Waals surface area contributed by atoms with Crippen LogP contribution in [-0.2, 0) is 17.8 Å². The van der Waals surface area contributed by atoms with E-state index in [2.05, 4.69) is 83.6 Å². The van der Waals surface area contributed by atoms with Crippen LogP contribution in [0.15, 0.2) is 60.7 Å². The number of hydrogen-bond acceptors (Lipinski definition) is 2. The Hall–Kier alpha value is -3.11. The first-order chi connectivity index (χ1) is 14.2. The molecule has 0 amide bonds. The Morgan fingerprint density at radius 1 is 0.862 bits per heavy atom. The molecule has 0 atom stereocenters. The highest BCUT2D eigenvalue weighted by Gasteiger charge is 2.16. The van der Waals surface area contributed by atoms with E-state index < -0.39 is 0 Å². The molecule has 4 nitrogen and oxygen atoms in total. The fourth-order valence-electron chi connectivity index (χ4n) is 4.45. The topological polar surface area (TPSA) is 32.0 Å². The van der Waals surface area contributed by atoms with Gasteiger partial charge in [-0.05, 0) is 49.7 Å². The Bertz CT molecular complexity index is 1340. The fourth-order valence-corrected chi connectivity index (χ4v) is 4.45. The van der Waals surface area contributed by atoms with E-state index in [0.717, 1.165) is 35.5 Å². The summed E-state index contributed by atoms with van der Waals surface area (Å²) in [7, 11) is 1.75. The lowest BCUT2D eigenvalue weighted by Crippen LogP contribution is -2.06. The molecule has 5 aromatic rings. The van der Waals surface area contributed by atoms with Crippen LogP contribution in [0.25, 0.3) is 44.2 Å². The summed E-state index contributed by atoms with van der Waals surface area (Å²) in [5.41, 5.74) is 7.12. The van der Waals surface area contributed by atoms with Crippen LogP contribution in [0.3, 0.4) is 0 Å². The number of ether oxygens (including phenoxy) is 1. The van der Waals surface area contributed by atoms with Crippen molar-refractivity contribution in [2.24, 2.45) is 0 Å². The van der Waals surface area contributed by atoms with E-state index in [-0.39, 0.29) is 0 Å². The van der Waals surface area contributed by atoms with Crippen LogP contribution in [0.2, 0.25) is 0 Å². The van der Waals surface area contributed by atoms with Gasteiger partial charge in [0, 0.05) is 47.6 Å². The first-order valence-corrected chi connectivity index (χ1v) is 10.2. The van der Waals surface area contributed by atoms with Gasteiger partial charge in [0.1, 0.15) is 5.82 Å². The molecule has 146 valence electrons. The number of hydrogen-bond donors (Lipinski definition) is 0. The summed E-state index contributed by atoms with van der Waals surface area (Å²) < 4.78 is 10.0. The molecule has 0 saturated heterocycles. The number of rotatable bonds is 5. The van der Waals surface area contributed by atoms with Gasteiger partial charge in [-0.2, -0.15) is 0 Å². The molecule has 0 radical (unpaired) electrons. The van der Waals surface area contributed by atoms with Gasteiger partial charge in [0.15, 0.2) is 0 Å². The largest absolute Gasteiger partial charge is 0.383 e. The molecule has 0 spiro atoms. The fraction of sp³-hybridized carbons (Fsp3) is 0.240. The number of aromatic nitrogens is 3. The molecule has 5 rings (SSSR count). The van der Waals surface area contributed by atoms with Crippen LogP contribution in [-0.4, -0.2) is 27.8 Å². The molecule has 29 heavy (non-hydrogen) atoms. The SMILES string of the molecule is CCn1c2ccccc2c2cc(-c3nc4c(C)cccc4n3CCOC)ccc21. The van der Waals surface area contributed by atoms with E-state index in [0.29, 0.717) is 6.61 Å². The number of methoxy groups -OCH3 is 1.